The molecule has 2 aromatic heterocycles. The van der Waals surface area contributed by atoms with Crippen molar-refractivity contribution in [2.75, 3.05) is 6.26 Å². The maximum atomic E-state index is 4.26. The lowest BCUT2D eigenvalue weighted by Gasteiger charge is -1.80. The molecule has 1 radical (unpaired) electrons. The van der Waals surface area contributed by atoms with Crippen LogP contribution in [0.2, 0.25) is 0 Å². The molecule has 3 nitrogen and oxygen atoms in total. The van der Waals surface area contributed by atoms with Gasteiger partial charge in [-0.05, 0) is 18.4 Å². The van der Waals surface area contributed by atoms with Crippen molar-refractivity contribution in [3.05, 3.63) is 18.3 Å². The smallest absolute Gasteiger partial charge is 0.167 e. The van der Waals surface area contributed by atoms with Crippen LogP contribution in [-0.2, 0) is 0 Å². The molecule has 0 fully saturated rings. The molecule has 55 valence electrons. The molecular formula is C7H6N3S. The number of thioether (sulfide) groups is 1. The number of nitrogens with zero attached hydrogens (tertiary/aromatic N) is 2. The third-order valence-corrected chi connectivity index (χ3v) is 1.96. The Balaban J connectivity index is 2.69. The van der Waals surface area contributed by atoms with E-state index < -0.39 is 0 Å². The van der Waals surface area contributed by atoms with Crippen molar-refractivity contribution >= 4 is 22.9 Å². The molecule has 0 aliphatic rings. The van der Waals surface area contributed by atoms with E-state index in [1.54, 1.807) is 17.8 Å². The fraction of sp³-hybridized carbons (Fsp3) is 0.143. The minimum atomic E-state index is 0.803. The third-order valence-electron chi connectivity index (χ3n) is 1.38. The number of pyridine rings is 1. The van der Waals surface area contributed by atoms with Crippen molar-refractivity contribution in [2.45, 2.75) is 5.16 Å². The van der Waals surface area contributed by atoms with E-state index in [1.807, 2.05) is 12.3 Å². The van der Waals surface area contributed by atoms with Crippen LogP contribution >= 0.6 is 11.8 Å². The van der Waals surface area contributed by atoms with Gasteiger partial charge in [0.05, 0.1) is 6.20 Å². The topological polar surface area (TPSA) is 41.6 Å². The fourth-order valence-electron chi connectivity index (χ4n) is 0.872. The van der Waals surface area contributed by atoms with Gasteiger partial charge in [-0.3, -0.25) is 0 Å². The standard InChI is InChI=1S/C7H6N3S/c1-11-7-9-5-3-2-4-8-6(5)10-7/h2-3H,1H3,(H,8,9,10). The van der Waals surface area contributed by atoms with Crippen molar-refractivity contribution in [3.8, 4) is 0 Å². The van der Waals surface area contributed by atoms with Crippen molar-refractivity contribution in [2.24, 2.45) is 0 Å². The van der Waals surface area contributed by atoms with Gasteiger partial charge >= 0.3 is 0 Å². The molecule has 1 N–H and O–H groups in total. The van der Waals surface area contributed by atoms with E-state index in [2.05, 4.69) is 21.1 Å². The van der Waals surface area contributed by atoms with Gasteiger partial charge in [0.25, 0.3) is 0 Å². The minimum absolute atomic E-state index is 0.803. The number of nitrogens with one attached hydrogen (secondary N) is 1. The first kappa shape index (κ1) is 6.67. The maximum Gasteiger partial charge on any atom is 0.167 e. The molecular weight excluding hydrogens is 158 g/mol. The highest BCUT2D eigenvalue weighted by Crippen LogP contribution is 2.13. The summed E-state index contributed by atoms with van der Waals surface area (Å²) in [5, 5.41) is 0.895. The summed E-state index contributed by atoms with van der Waals surface area (Å²) in [5.74, 6) is 0. The molecule has 0 amide bonds. The number of hydrogen-bond donors (Lipinski definition) is 1. The third kappa shape index (κ3) is 1.09. The fourth-order valence-corrected chi connectivity index (χ4v) is 1.26. The molecule has 0 spiro atoms. The van der Waals surface area contributed by atoms with Crippen molar-refractivity contribution < 1.29 is 0 Å². The van der Waals surface area contributed by atoms with Crippen LogP contribution in [0.25, 0.3) is 11.2 Å². The molecule has 0 aliphatic carbocycles. The van der Waals surface area contributed by atoms with E-state index in [1.165, 1.54) is 0 Å². The van der Waals surface area contributed by atoms with Gasteiger partial charge in [-0.2, -0.15) is 0 Å². The molecule has 0 atom stereocenters. The average molecular weight is 164 g/mol. The van der Waals surface area contributed by atoms with E-state index in [4.69, 9.17) is 0 Å². The molecule has 4 heteroatoms. The molecule has 11 heavy (non-hydrogen) atoms. The summed E-state index contributed by atoms with van der Waals surface area (Å²) in [6.07, 6.45) is 4.72. The highest BCUT2D eigenvalue weighted by molar-refractivity contribution is 7.98. The summed E-state index contributed by atoms with van der Waals surface area (Å²) in [5.41, 5.74) is 1.70. The summed E-state index contributed by atoms with van der Waals surface area (Å²) >= 11 is 1.57. The number of fused-ring (bicyclic) bond motifs is 1. The van der Waals surface area contributed by atoms with Crippen molar-refractivity contribution in [3.63, 3.8) is 0 Å². The number of hydrogen-bond acceptors (Lipinski definition) is 3. The van der Waals surface area contributed by atoms with Crippen LogP contribution in [0.5, 0.6) is 0 Å². The molecule has 0 saturated heterocycles. The highest BCUT2D eigenvalue weighted by Gasteiger charge is 1.99. The van der Waals surface area contributed by atoms with Gasteiger partial charge in [0.15, 0.2) is 10.8 Å². The van der Waals surface area contributed by atoms with Crippen molar-refractivity contribution in [1.82, 2.24) is 15.0 Å². The van der Waals surface area contributed by atoms with Gasteiger partial charge in [-0.15, -0.1) is 0 Å². The van der Waals surface area contributed by atoms with Crippen LogP contribution in [0.4, 0.5) is 0 Å². The van der Waals surface area contributed by atoms with E-state index >= 15 is 0 Å². The Morgan fingerprint density at radius 2 is 2.55 bits per heavy atom. The molecule has 2 aromatic rings. The zero-order valence-electron chi connectivity index (χ0n) is 5.96. The molecule has 0 bridgehead atoms. The Hall–Kier alpha value is -1.03. The van der Waals surface area contributed by atoms with Crippen LogP contribution in [0.3, 0.4) is 0 Å². The predicted octanol–water partition coefficient (Wildman–Crippen LogP) is 1.48. The second-order valence-electron chi connectivity index (χ2n) is 2.05. The van der Waals surface area contributed by atoms with Gasteiger partial charge in [0.1, 0.15) is 5.52 Å². The van der Waals surface area contributed by atoms with E-state index in [9.17, 15) is 0 Å². The number of aromatic nitrogens is 3. The van der Waals surface area contributed by atoms with E-state index in [0.717, 1.165) is 16.3 Å². The lowest BCUT2D eigenvalue weighted by Crippen LogP contribution is -1.72. The van der Waals surface area contributed by atoms with E-state index in [0.29, 0.717) is 0 Å². The number of rotatable bonds is 1. The normalized spacial score (nSPS) is 10.6. The van der Waals surface area contributed by atoms with Gasteiger partial charge in [-0.25, -0.2) is 9.97 Å². The Morgan fingerprint density at radius 3 is 3.27 bits per heavy atom. The lowest BCUT2D eigenvalue weighted by atomic mass is 10.4. The number of aromatic amines is 1. The zero-order chi connectivity index (χ0) is 7.68. The zero-order valence-corrected chi connectivity index (χ0v) is 6.77. The van der Waals surface area contributed by atoms with Gasteiger partial charge < -0.3 is 4.98 Å². The Bertz CT molecular complexity index is 335. The molecule has 0 aromatic carbocycles. The highest BCUT2D eigenvalue weighted by atomic mass is 32.2. The Labute approximate surface area is 68.2 Å². The van der Waals surface area contributed by atoms with Gasteiger partial charge in [0.2, 0.25) is 0 Å². The van der Waals surface area contributed by atoms with Crippen LogP contribution in [0.1, 0.15) is 0 Å². The van der Waals surface area contributed by atoms with Gasteiger partial charge in [-0.1, -0.05) is 11.8 Å². The lowest BCUT2D eigenvalue weighted by molar-refractivity contribution is 1.08. The summed E-state index contributed by atoms with van der Waals surface area (Å²) in [7, 11) is 0. The SMILES string of the molecule is CSc1nc2cc[c]nc2[nH]1. The monoisotopic (exact) mass is 164 g/mol. The second-order valence-corrected chi connectivity index (χ2v) is 2.85. The number of H-pyrrole nitrogens is 1. The average Bonchev–Trinajstić information content (AvgIpc) is 2.46. The predicted molar refractivity (Wildman–Crippen MR) is 44.5 cm³/mol. The first-order chi connectivity index (χ1) is 5.40. The maximum absolute atomic E-state index is 4.26. The van der Waals surface area contributed by atoms with E-state index in [-0.39, 0.29) is 0 Å². The van der Waals surface area contributed by atoms with Crippen molar-refractivity contribution in [1.29, 1.82) is 0 Å². The summed E-state index contributed by atoms with van der Waals surface area (Å²) in [4.78, 5) is 11.3. The Morgan fingerprint density at radius 1 is 1.64 bits per heavy atom. The first-order valence-corrected chi connectivity index (χ1v) is 4.39. The minimum Gasteiger partial charge on any atom is -0.318 e. The molecule has 0 unspecified atom stereocenters. The summed E-state index contributed by atoms with van der Waals surface area (Å²) < 4.78 is 0. The van der Waals surface area contributed by atoms with Crippen LogP contribution in [0.15, 0.2) is 17.3 Å². The first-order valence-electron chi connectivity index (χ1n) is 3.17. The second kappa shape index (κ2) is 2.54. The molecule has 0 saturated carbocycles. The van der Waals surface area contributed by atoms with Crippen LogP contribution in [-0.4, -0.2) is 21.2 Å². The Kier molecular flexibility index (Phi) is 1.54. The summed E-state index contributed by atoms with van der Waals surface area (Å²) in [6.45, 7) is 0. The van der Waals surface area contributed by atoms with Crippen LogP contribution < -0.4 is 0 Å². The number of imidazole rings is 1. The molecule has 0 aliphatic heterocycles. The summed E-state index contributed by atoms with van der Waals surface area (Å²) in [6, 6.07) is 3.64. The molecule has 2 rings (SSSR count). The quantitative estimate of drug-likeness (QED) is 0.649. The largest absolute Gasteiger partial charge is 0.318 e. The van der Waals surface area contributed by atoms with Gasteiger partial charge in [0, 0.05) is 0 Å². The molecule has 2 heterocycles. The van der Waals surface area contributed by atoms with Crippen LogP contribution in [0, 0.1) is 6.20 Å².